The van der Waals surface area contributed by atoms with Gasteiger partial charge in [-0.3, -0.25) is 4.79 Å². The second kappa shape index (κ2) is 11.4. The predicted molar refractivity (Wildman–Crippen MR) is 118 cm³/mol. The summed E-state index contributed by atoms with van der Waals surface area (Å²) in [6.07, 6.45) is 9.13. The molecule has 2 aliphatic heterocycles. The summed E-state index contributed by atoms with van der Waals surface area (Å²) in [6.45, 7) is 4.39. The third-order valence-corrected chi connectivity index (χ3v) is 7.36. The van der Waals surface area contributed by atoms with Gasteiger partial charge in [0.1, 0.15) is 11.9 Å². The highest BCUT2D eigenvalue weighted by molar-refractivity contribution is 5.79. The first-order valence-corrected chi connectivity index (χ1v) is 12.3. The number of piperidine rings is 1. The van der Waals surface area contributed by atoms with E-state index in [1.807, 2.05) is 0 Å². The number of benzene rings is 1. The Bertz CT molecular complexity index is 741. The van der Waals surface area contributed by atoms with Crippen molar-refractivity contribution in [2.45, 2.75) is 69.9 Å². The first-order chi connectivity index (χ1) is 15.6. The Hall–Kier alpha value is -1.73. The zero-order chi connectivity index (χ0) is 22.3. The van der Waals surface area contributed by atoms with Crippen molar-refractivity contribution >= 4 is 5.91 Å². The summed E-state index contributed by atoms with van der Waals surface area (Å²) < 4.78 is 38.0. The standard InChI is InChI=1S/C25H36F2N2O3/c26-20-3-6-24(23(27)17-20)32-22-8-13-29(14-9-22)12-7-18-1-4-21(5-2-18)28-25(30)19-10-15-31-16-11-19/h3,6,17-19,21-22H,1-2,4-5,7-16H2,(H,28,30). The lowest BCUT2D eigenvalue weighted by Crippen LogP contribution is -2.43. The third-order valence-electron chi connectivity index (χ3n) is 7.36. The van der Waals surface area contributed by atoms with E-state index in [2.05, 4.69) is 10.2 Å². The zero-order valence-corrected chi connectivity index (χ0v) is 18.9. The fourth-order valence-electron chi connectivity index (χ4n) is 5.24. The van der Waals surface area contributed by atoms with Gasteiger partial charge in [0.15, 0.2) is 11.6 Å². The van der Waals surface area contributed by atoms with Gasteiger partial charge in [-0.05, 0) is 82.4 Å². The van der Waals surface area contributed by atoms with Gasteiger partial charge in [0.25, 0.3) is 0 Å². The number of rotatable bonds is 7. The summed E-state index contributed by atoms with van der Waals surface area (Å²) in [5, 5.41) is 3.28. The molecule has 1 aromatic carbocycles. The Kier molecular flexibility index (Phi) is 8.36. The molecule has 0 unspecified atom stereocenters. The Labute approximate surface area is 189 Å². The first kappa shape index (κ1) is 23.4. The number of hydrogen-bond donors (Lipinski definition) is 1. The molecule has 0 atom stereocenters. The fraction of sp³-hybridized carbons (Fsp3) is 0.720. The Morgan fingerprint density at radius 2 is 1.75 bits per heavy atom. The molecule has 32 heavy (non-hydrogen) atoms. The summed E-state index contributed by atoms with van der Waals surface area (Å²) in [4.78, 5) is 14.9. The number of nitrogens with one attached hydrogen (secondary N) is 1. The van der Waals surface area contributed by atoms with Crippen LogP contribution >= 0.6 is 0 Å². The van der Waals surface area contributed by atoms with Crippen LogP contribution in [0.3, 0.4) is 0 Å². The van der Waals surface area contributed by atoms with Gasteiger partial charge in [0, 0.05) is 44.3 Å². The van der Waals surface area contributed by atoms with Gasteiger partial charge in [-0.25, -0.2) is 8.78 Å². The van der Waals surface area contributed by atoms with Crippen molar-refractivity contribution in [2.75, 3.05) is 32.8 Å². The number of carbonyl (C=O) groups excluding carboxylic acids is 1. The van der Waals surface area contributed by atoms with Crippen LogP contribution in [0.2, 0.25) is 0 Å². The van der Waals surface area contributed by atoms with Gasteiger partial charge >= 0.3 is 0 Å². The number of amides is 1. The van der Waals surface area contributed by atoms with Crippen molar-refractivity contribution in [3.8, 4) is 5.75 Å². The first-order valence-electron chi connectivity index (χ1n) is 12.3. The summed E-state index contributed by atoms with van der Waals surface area (Å²) in [5.41, 5.74) is 0. The van der Waals surface area contributed by atoms with E-state index in [4.69, 9.17) is 9.47 Å². The van der Waals surface area contributed by atoms with E-state index in [0.29, 0.717) is 19.3 Å². The van der Waals surface area contributed by atoms with Crippen molar-refractivity contribution in [2.24, 2.45) is 11.8 Å². The van der Waals surface area contributed by atoms with E-state index in [9.17, 15) is 13.6 Å². The minimum atomic E-state index is -0.632. The molecule has 0 bridgehead atoms. The molecular weight excluding hydrogens is 414 g/mol. The van der Waals surface area contributed by atoms with Crippen molar-refractivity contribution in [3.63, 3.8) is 0 Å². The third kappa shape index (κ3) is 6.64. The van der Waals surface area contributed by atoms with Crippen molar-refractivity contribution in [3.05, 3.63) is 29.8 Å². The van der Waals surface area contributed by atoms with Gasteiger partial charge in [-0.2, -0.15) is 0 Å². The largest absolute Gasteiger partial charge is 0.487 e. The number of carbonyl (C=O) groups is 1. The van der Waals surface area contributed by atoms with Crippen molar-refractivity contribution in [1.29, 1.82) is 0 Å². The molecule has 7 heteroatoms. The lowest BCUT2D eigenvalue weighted by Gasteiger charge is -2.35. The number of ether oxygens (including phenoxy) is 2. The molecule has 4 rings (SSSR count). The van der Waals surface area contributed by atoms with Crippen LogP contribution < -0.4 is 10.1 Å². The highest BCUT2D eigenvalue weighted by Gasteiger charge is 2.28. The quantitative estimate of drug-likeness (QED) is 0.673. The molecule has 5 nitrogen and oxygen atoms in total. The van der Waals surface area contributed by atoms with Crippen LogP contribution in [-0.2, 0) is 9.53 Å². The number of likely N-dealkylation sites (tertiary alicyclic amines) is 1. The van der Waals surface area contributed by atoms with E-state index in [0.717, 1.165) is 70.1 Å². The van der Waals surface area contributed by atoms with E-state index in [-0.39, 0.29) is 23.7 Å². The molecule has 1 N–H and O–H groups in total. The van der Waals surface area contributed by atoms with E-state index >= 15 is 0 Å². The molecule has 1 aliphatic carbocycles. The minimum absolute atomic E-state index is 0.0130. The van der Waals surface area contributed by atoms with E-state index in [1.165, 1.54) is 31.4 Å². The molecule has 0 radical (unpaired) electrons. The molecule has 178 valence electrons. The Morgan fingerprint density at radius 1 is 1.03 bits per heavy atom. The smallest absolute Gasteiger partial charge is 0.223 e. The number of nitrogens with zero attached hydrogens (tertiary/aromatic N) is 1. The van der Waals surface area contributed by atoms with Crippen molar-refractivity contribution < 1.29 is 23.0 Å². The molecule has 3 fully saturated rings. The molecule has 2 heterocycles. The van der Waals surface area contributed by atoms with E-state index in [1.54, 1.807) is 0 Å². The van der Waals surface area contributed by atoms with Crippen LogP contribution in [0.15, 0.2) is 18.2 Å². The van der Waals surface area contributed by atoms with Crippen LogP contribution in [0.25, 0.3) is 0 Å². The van der Waals surface area contributed by atoms with Crippen LogP contribution in [-0.4, -0.2) is 55.8 Å². The number of halogens is 2. The maximum Gasteiger partial charge on any atom is 0.223 e. The minimum Gasteiger partial charge on any atom is -0.487 e. The summed E-state index contributed by atoms with van der Waals surface area (Å²) in [6, 6.07) is 3.81. The van der Waals surface area contributed by atoms with E-state index < -0.39 is 11.6 Å². The highest BCUT2D eigenvalue weighted by atomic mass is 19.1. The van der Waals surface area contributed by atoms with Crippen molar-refractivity contribution in [1.82, 2.24) is 10.2 Å². The monoisotopic (exact) mass is 450 g/mol. The molecule has 0 spiro atoms. The predicted octanol–water partition coefficient (Wildman–Crippen LogP) is 4.30. The van der Waals surface area contributed by atoms with Crippen LogP contribution in [0, 0.1) is 23.5 Å². The molecule has 3 aliphatic rings. The lowest BCUT2D eigenvalue weighted by molar-refractivity contribution is -0.128. The van der Waals surface area contributed by atoms with Crippen LogP contribution in [0.4, 0.5) is 8.78 Å². The van der Waals surface area contributed by atoms with Gasteiger partial charge < -0.3 is 19.7 Å². The lowest BCUT2D eigenvalue weighted by atomic mass is 9.83. The summed E-state index contributed by atoms with van der Waals surface area (Å²) in [7, 11) is 0. The molecule has 0 aromatic heterocycles. The SMILES string of the molecule is O=C(NC1CCC(CCN2CCC(Oc3ccc(F)cc3F)CC2)CC1)C1CCOCC1. The molecule has 1 saturated carbocycles. The average Bonchev–Trinajstić information content (AvgIpc) is 2.82. The normalized spacial score (nSPS) is 26.1. The highest BCUT2D eigenvalue weighted by Crippen LogP contribution is 2.29. The van der Waals surface area contributed by atoms with Gasteiger partial charge in [0.05, 0.1) is 0 Å². The Balaban J connectivity index is 1.10. The van der Waals surface area contributed by atoms with Gasteiger partial charge in [-0.15, -0.1) is 0 Å². The topological polar surface area (TPSA) is 50.8 Å². The van der Waals surface area contributed by atoms with Crippen LogP contribution in [0.5, 0.6) is 5.75 Å². The summed E-state index contributed by atoms with van der Waals surface area (Å²) >= 11 is 0. The van der Waals surface area contributed by atoms with Gasteiger partial charge in [-0.1, -0.05) is 0 Å². The maximum absolute atomic E-state index is 13.8. The molecular formula is C25H36F2N2O3. The van der Waals surface area contributed by atoms with Crippen LogP contribution in [0.1, 0.15) is 57.8 Å². The number of hydrogen-bond acceptors (Lipinski definition) is 4. The Morgan fingerprint density at radius 3 is 2.44 bits per heavy atom. The average molecular weight is 451 g/mol. The molecule has 1 amide bonds. The van der Waals surface area contributed by atoms with Gasteiger partial charge in [0.2, 0.25) is 5.91 Å². The fourth-order valence-corrected chi connectivity index (χ4v) is 5.24. The molecule has 2 saturated heterocycles. The second-order valence-electron chi connectivity index (χ2n) is 9.64. The second-order valence-corrected chi connectivity index (χ2v) is 9.64. The maximum atomic E-state index is 13.8. The summed E-state index contributed by atoms with van der Waals surface area (Å²) in [5.74, 6) is 0.0155. The zero-order valence-electron chi connectivity index (χ0n) is 18.9. The molecule has 1 aromatic rings.